The van der Waals surface area contributed by atoms with Gasteiger partial charge in [0.25, 0.3) is 5.91 Å². The molecule has 0 unspecified atom stereocenters. The fourth-order valence-corrected chi connectivity index (χ4v) is 2.10. The Morgan fingerprint density at radius 1 is 1.44 bits per heavy atom. The predicted molar refractivity (Wildman–Crippen MR) is 76.2 cm³/mol. The standard InChI is InChI=1S/C12H14BrNO3S/c1-8-6-9(2-3-10(8)13)12(17)14-4-5-18-7-11(15)16/h2-3,6H,4-5,7H2,1H3,(H,14,17)(H,15,16). The average Bonchev–Trinajstić information content (AvgIpc) is 2.31. The van der Waals surface area contributed by atoms with Crippen molar-refractivity contribution in [1.82, 2.24) is 5.32 Å². The van der Waals surface area contributed by atoms with Crippen molar-refractivity contribution in [2.45, 2.75) is 6.92 Å². The third-order valence-corrected chi connectivity index (χ3v) is 4.01. The molecule has 0 fully saturated rings. The zero-order chi connectivity index (χ0) is 13.5. The summed E-state index contributed by atoms with van der Waals surface area (Å²) in [6.07, 6.45) is 0. The lowest BCUT2D eigenvalue weighted by molar-refractivity contribution is -0.133. The Labute approximate surface area is 118 Å². The first-order valence-electron chi connectivity index (χ1n) is 5.34. The van der Waals surface area contributed by atoms with E-state index in [0.717, 1.165) is 10.0 Å². The summed E-state index contributed by atoms with van der Waals surface area (Å²) in [5.41, 5.74) is 1.61. The van der Waals surface area contributed by atoms with Gasteiger partial charge < -0.3 is 10.4 Å². The van der Waals surface area contributed by atoms with E-state index in [9.17, 15) is 9.59 Å². The lowest BCUT2D eigenvalue weighted by atomic mass is 10.1. The van der Waals surface area contributed by atoms with Gasteiger partial charge in [-0.05, 0) is 30.7 Å². The van der Waals surface area contributed by atoms with E-state index in [1.54, 1.807) is 6.07 Å². The van der Waals surface area contributed by atoms with Crippen molar-refractivity contribution in [3.63, 3.8) is 0 Å². The van der Waals surface area contributed by atoms with Crippen LogP contribution in [0, 0.1) is 6.92 Å². The number of halogens is 1. The molecule has 1 aromatic rings. The maximum Gasteiger partial charge on any atom is 0.313 e. The first-order valence-corrected chi connectivity index (χ1v) is 7.29. The number of hydrogen-bond acceptors (Lipinski definition) is 3. The second kappa shape index (κ2) is 7.43. The summed E-state index contributed by atoms with van der Waals surface area (Å²) >= 11 is 4.66. The van der Waals surface area contributed by atoms with Crippen LogP contribution >= 0.6 is 27.7 Å². The Balaban J connectivity index is 2.36. The number of aliphatic carboxylic acids is 1. The van der Waals surface area contributed by atoms with E-state index in [-0.39, 0.29) is 11.7 Å². The van der Waals surface area contributed by atoms with Crippen molar-refractivity contribution in [3.8, 4) is 0 Å². The highest BCUT2D eigenvalue weighted by Gasteiger charge is 2.06. The number of hydrogen-bond donors (Lipinski definition) is 2. The SMILES string of the molecule is Cc1cc(C(=O)NCCSCC(=O)O)ccc1Br. The number of amides is 1. The van der Waals surface area contributed by atoms with Crippen molar-refractivity contribution in [2.75, 3.05) is 18.1 Å². The van der Waals surface area contributed by atoms with Gasteiger partial charge in [0, 0.05) is 22.3 Å². The van der Waals surface area contributed by atoms with Crippen molar-refractivity contribution in [3.05, 3.63) is 33.8 Å². The molecule has 0 atom stereocenters. The van der Waals surface area contributed by atoms with Crippen LogP contribution in [0.25, 0.3) is 0 Å². The molecule has 0 radical (unpaired) electrons. The Kier molecular flexibility index (Phi) is 6.21. The lowest BCUT2D eigenvalue weighted by Gasteiger charge is -2.06. The summed E-state index contributed by atoms with van der Waals surface area (Å²) in [5, 5.41) is 11.2. The molecule has 0 aliphatic rings. The molecule has 1 rings (SSSR count). The molecule has 1 aromatic carbocycles. The Hall–Kier alpha value is -1.01. The molecule has 4 nitrogen and oxygen atoms in total. The first kappa shape index (κ1) is 15.0. The van der Waals surface area contributed by atoms with Gasteiger partial charge in [0.15, 0.2) is 0 Å². The lowest BCUT2D eigenvalue weighted by Crippen LogP contribution is -2.26. The molecule has 0 aromatic heterocycles. The number of carboxylic acid groups (broad SMARTS) is 1. The van der Waals surface area contributed by atoms with Crippen molar-refractivity contribution in [2.24, 2.45) is 0 Å². The van der Waals surface area contributed by atoms with Crippen LogP contribution in [0.3, 0.4) is 0 Å². The van der Waals surface area contributed by atoms with Crippen LogP contribution in [0.5, 0.6) is 0 Å². The molecule has 18 heavy (non-hydrogen) atoms. The minimum absolute atomic E-state index is 0.0628. The van der Waals surface area contributed by atoms with Crippen LogP contribution in [0.15, 0.2) is 22.7 Å². The number of carbonyl (C=O) groups is 2. The van der Waals surface area contributed by atoms with Gasteiger partial charge in [0.2, 0.25) is 0 Å². The minimum Gasteiger partial charge on any atom is -0.481 e. The highest BCUT2D eigenvalue weighted by Crippen LogP contribution is 2.16. The molecule has 0 bridgehead atoms. The smallest absolute Gasteiger partial charge is 0.313 e. The van der Waals surface area contributed by atoms with Gasteiger partial charge in [-0.15, -0.1) is 11.8 Å². The van der Waals surface area contributed by atoms with E-state index in [2.05, 4.69) is 21.2 Å². The Morgan fingerprint density at radius 3 is 2.78 bits per heavy atom. The van der Waals surface area contributed by atoms with Crippen LogP contribution in [-0.4, -0.2) is 35.0 Å². The van der Waals surface area contributed by atoms with Crippen LogP contribution in [0.2, 0.25) is 0 Å². The number of carboxylic acids is 1. The highest BCUT2D eigenvalue weighted by molar-refractivity contribution is 9.10. The van der Waals surface area contributed by atoms with Crippen LogP contribution in [0.4, 0.5) is 0 Å². The fraction of sp³-hybridized carbons (Fsp3) is 0.333. The molecule has 0 spiro atoms. The number of carbonyl (C=O) groups excluding carboxylic acids is 1. The van der Waals surface area contributed by atoms with Gasteiger partial charge in [0.1, 0.15) is 0 Å². The average molecular weight is 332 g/mol. The molecule has 6 heteroatoms. The Bertz CT molecular complexity index is 451. The van der Waals surface area contributed by atoms with Crippen LogP contribution in [-0.2, 0) is 4.79 Å². The molecule has 0 aliphatic carbocycles. The zero-order valence-corrected chi connectivity index (χ0v) is 12.3. The van der Waals surface area contributed by atoms with E-state index in [1.165, 1.54) is 11.8 Å². The summed E-state index contributed by atoms with van der Waals surface area (Å²) in [6.45, 7) is 2.38. The van der Waals surface area contributed by atoms with Crippen molar-refractivity contribution in [1.29, 1.82) is 0 Å². The molecule has 0 aliphatic heterocycles. The molecule has 0 saturated heterocycles. The molecule has 1 amide bonds. The van der Waals surface area contributed by atoms with Gasteiger partial charge in [-0.2, -0.15) is 0 Å². The van der Waals surface area contributed by atoms with E-state index in [1.807, 2.05) is 19.1 Å². The predicted octanol–water partition coefficient (Wildman–Crippen LogP) is 2.31. The van der Waals surface area contributed by atoms with E-state index in [4.69, 9.17) is 5.11 Å². The summed E-state index contributed by atoms with van der Waals surface area (Å²) in [7, 11) is 0. The van der Waals surface area contributed by atoms with Gasteiger partial charge >= 0.3 is 5.97 Å². The Morgan fingerprint density at radius 2 is 2.17 bits per heavy atom. The monoisotopic (exact) mass is 331 g/mol. The first-order chi connectivity index (χ1) is 8.50. The topological polar surface area (TPSA) is 66.4 Å². The maximum atomic E-state index is 11.8. The maximum absolute atomic E-state index is 11.8. The zero-order valence-electron chi connectivity index (χ0n) is 9.90. The number of benzene rings is 1. The van der Waals surface area contributed by atoms with Crippen molar-refractivity contribution >= 4 is 39.6 Å². The third kappa shape index (κ3) is 5.10. The highest BCUT2D eigenvalue weighted by atomic mass is 79.9. The number of aryl methyl sites for hydroxylation is 1. The molecular weight excluding hydrogens is 318 g/mol. The quantitative estimate of drug-likeness (QED) is 0.785. The summed E-state index contributed by atoms with van der Waals surface area (Å²) < 4.78 is 0.969. The number of nitrogens with one attached hydrogen (secondary N) is 1. The number of thioether (sulfide) groups is 1. The number of rotatable bonds is 6. The van der Waals surface area contributed by atoms with Gasteiger partial charge in [-0.3, -0.25) is 9.59 Å². The summed E-state index contributed by atoms with van der Waals surface area (Å²) in [4.78, 5) is 22.0. The van der Waals surface area contributed by atoms with Gasteiger partial charge in [-0.1, -0.05) is 15.9 Å². The van der Waals surface area contributed by atoms with E-state index in [0.29, 0.717) is 17.9 Å². The van der Waals surface area contributed by atoms with Crippen LogP contribution < -0.4 is 5.32 Å². The largest absolute Gasteiger partial charge is 0.481 e. The second-order valence-electron chi connectivity index (χ2n) is 3.67. The fourth-order valence-electron chi connectivity index (χ4n) is 1.28. The minimum atomic E-state index is -0.838. The second-order valence-corrected chi connectivity index (χ2v) is 5.63. The molecule has 0 heterocycles. The van der Waals surface area contributed by atoms with Crippen molar-refractivity contribution < 1.29 is 14.7 Å². The van der Waals surface area contributed by atoms with Crippen LogP contribution in [0.1, 0.15) is 15.9 Å². The molecule has 98 valence electrons. The third-order valence-electron chi connectivity index (χ3n) is 2.18. The van der Waals surface area contributed by atoms with Gasteiger partial charge in [-0.25, -0.2) is 0 Å². The summed E-state index contributed by atoms with van der Waals surface area (Å²) in [6, 6.07) is 5.39. The van der Waals surface area contributed by atoms with E-state index >= 15 is 0 Å². The molecular formula is C12H14BrNO3S. The molecule has 0 saturated carbocycles. The van der Waals surface area contributed by atoms with Gasteiger partial charge in [0.05, 0.1) is 5.75 Å². The summed E-state index contributed by atoms with van der Waals surface area (Å²) in [5.74, 6) is -0.322. The van der Waals surface area contributed by atoms with E-state index < -0.39 is 5.97 Å². The molecule has 2 N–H and O–H groups in total. The normalized spacial score (nSPS) is 10.1.